The number of nitrogens with zero attached hydrogens (tertiary/aromatic N) is 1. The summed E-state index contributed by atoms with van der Waals surface area (Å²) >= 11 is 0.319. The minimum absolute atomic E-state index is 0.319. The molecule has 0 aromatic heterocycles. The molecule has 1 rings (SSSR count). The van der Waals surface area contributed by atoms with Crippen molar-refractivity contribution in [1.82, 2.24) is 0 Å². The van der Waals surface area contributed by atoms with Gasteiger partial charge in [0.25, 0.3) is 0 Å². The standard InChI is InChI=1S/C2H4N.Ti/c1-2-3;/h1-2H2;. The van der Waals surface area contributed by atoms with Gasteiger partial charge in [-0.2, -0.15) is 0 Å². The molecule has 0 saturated carbocycles. The van der Waals surface area contributed by atoms with Crippen LogP contribution in [0.1, 0.15) is 0 Å². The molecule has 0 radical (unpaired) electrons. The molecule has 0 aromatic carbocycles. The van der Waals surface area contributed by atoms with Crippen molar-refractivity contribution in [2.45, 2.75) is 4.73 Å². The van der Waals surface area contributed by atoms with Gasteiger partial charge in [0.05, 0.1) is 0 Å². The van der Waals surface area contributed by atoms with Crippen LogP contribution in [0.4, 0.5) is 0 Å². The second kappa shape index (κ2) is 1.09. The molecule has 0 N–H and O–H groups in total. The SMILES string of the molecule is C1[CH2][Ti]=[N]1. The third kappa shape index (κ3) is 0.283. The van der Waals surface area contributed by atoms with Crippen LogP contribution in [0.3, 0.4) is 0 Å². The summed E-state index contributed by atoms with van der Waals surface area (Å²) in [6.07, 6.45) is 0. The Morgan fingerprint density at radius 1 is 1.75 bits per heavy atom. The molecule has 0 amide bonds. The van der Waals surface area contributed by atoms with Crippen LogP contribution < -0.4 is 0 Å². The Morgan fingerprint density at radius 2 is 2.00 bits per heavy atom. The number of hydrogen-bond donors (Lipinski definition) is 0. The summed E-state index contributed by atoms with van der Waals surface area (Å²) in [6, 6.07) is 0. The Bertz CT molecular complexity index is 35.3. The van der Waals surface area contributed by atoms with E-state index in [1.165, 1.54) is 11.3 Å². The normalized spacial score (nSPS) is 18.0. The van der Waals surface area contributed by atoms with Crippen molar-refractivity contribution in [3.63, 3.8) is 0 Å². The van der Waals surface area contributed by atoms with Gasteiger partial charge in [0.1, 0.15) is 0 Å². The molecule has 0 spiro atoms. The molecule has 1 nitrogen and oxygen atoms in total. The molecule has 0 saturated heterocycles. The van der Waals surface area contributed by atoms with Gasteiger partial charge in [-0.1, -0.05) is 0 Å². The maximum absolute atomic E-state index is 4.04. The average molecular weight is 89.9 g/mol. The molecule has 0 atom stereocenters. The second-order valence-electron chi connectivity index (χ2n) is 0.790. The predicted octanol–water partition coefficient (Wildman–Crippen LogP) is 0.684. The Kier molecular flexibility index (Phi) is 0.746. The van der Waals surface area contributed by atoms with Gasteiger partial charge in [0.15, 0.2) is 0 Å². The summed E-state index contributed by atoms with van der Waals surface area (Å²) in [5.41, 5.74) is 0. The Hall–Kier alpha value is 0.514. The molecule has 4 heavy (non-hydrogen) atoms. The topological polar surface area (TPSA) is 12.4 Å². The van der Waals surface area contributed by atoms with Gasteiger partial charge in [0, 0.05) is 0 Å². The first-order valence-electron chi connectivity index (χ1n) is 1.39. The Labute approximate surface area is 34.2 Å². The van der Waals surface area contributed by atoms with E-state index in [0.29, 0.717) is 19.0 Å². The summed E-state index contributed by atoms with van der Waals surface area (Å²) < 4.78 is 5.50. The van der Waals surface area contributed by atoms with Gasteiger partial charge < -0.3 is 0 Å². The molecular weight excluding hydrogens is 85.9 g/mol. The summed E-state index contributed by atoms with van der Waals surface area (Å²) in [4.78, 5) is 0. The maximum atomic E-state index is 4.04. The van der Waals surface area contributed by atoms with E-state index in [1.54, 1.807) is 0 Å². The summed E-state index contributed by atoms with van der Waals surface area (Å²) in [5, 5.41) is 0. The number of rotatable bonds is 0. The van der Waals surface area contributed by atoms with Crippen LogP contribution >= 0.6 is 0 Å². The van der Waals surface area contributed by atoms with Crippen LogP contribution in [0.2, 0.25) is 4.73 Å². The fraction of sp³-hybridized carbons (Fsp3) is 1.00. The van der Waals surface area contributed by atoms with E-state index in [2.05, 4.69) is 3.42 Å². The third-order valence-electron chi connectivity index (χ3n) is 0.447. The Balaban J connectivity index is 2.47. The first-order chi connectivity index (χ1) is 2.00. The van der Waals surface area contributed by atoms with Crippen LogP contribution in [0.15, 0.2) is 3.42 Å². The van der Waals surface area contributed by atoms with E-state index < -0.39 is 0 Å². The summed E-state index contributed by atoms with van der Waals surface area (Å²) in [6.45, 7) is 1.18. The molecular formula is C2H4NTi. The summed E-state index contributed by atoms with van der Waals surface area (Å²) in [7, 11) is 0. The van der Waals surface area contributed by atoms with Gasteiger partial charge in [-0.15, -0.1) is 0 Å². The van der Waals surface area contributed by atoms with Crippen molar-refractivity contribution in [1.29, 1.82) is 0 Å². The van der Waals surface area contributed by atoms with Crippen molar-refractivity contribution in [2.24, 2.45) is 3.42 Å². The molecule has 0 fully saturated rings. The molecule has 0 unspecified atom stereocenters. The zero-order chi connectivity index (χ0) is 2.83. The molecule has 0 aliphatic carbocycles. The van der Waals surface area contributed by atoms with Gasteiger partial charge in [-0.3, -0.25) is 0 Å². The second-order valence-corrected chi connectivity index (χ2v) is 2.56. The van der Waals surface area contributed by atoms with E-state index in [4.69, 9.17) is 0 Å². The molecule has 21 valence electrons. The van der Waals surface area contributed by atoms with E-state index >= 15 is 0 Å². The zero-order valence-electron chi connectivity index (χ0n) is 2.36. The first kappa shape index (κ1) is 2.74. The van der Waals surface area contributed by atoms with Crippen LogP contribution in [0.5, 0.6) is 0 Å². The monoisotopic (exact) mass is 90.0 g/mol. The van der Waals surface area contributed by atoms with E-state index in [1.807, 2.05) is 0 Å². The van der Waals surface area contributed by atoms with Gasteiger partial charge in [-0.25, -0.2) is 0 Å². The number of hydrogen-bond acceptors (Lipinski definition) is 1. The fourth-order valence-electron chi connectivity index (χ4n) is 0.112. The van der Waals surface area contributed by atoms with Crippen molar-refractivity contribution < 1.29 is 19.0 Å². The predicted molar refractivity (Wildman–Crippen MR) is 12.1 cm³/mol. The third-order valence-corrected chi connectivity index (χ3v) is 1.84. The first-order valence-corrected chi connectivity index (χ1v) is 3.20. The molecule has 1 aliphatic rings. The molecule has 2 heteroatoms. The van der Waals surface area contributed by atoms with Crippen LogP contribution in [-0.2, 0) is 19.0 Å². The molecule has 1 aliphatic heterocycles. The Morgan fingerprint density at radius 3 is 2.00 bits per heavy atom. The van der Waals surface area contributed by atoms with Crippen molar-refractivity contribution in [3.05, 3.63) is 0 Å². The minimum atomic E-state index is 0.319. The van der Waals surface area contributed by atoms with Crippen LogP contribution in [0.25, 0.3) is 0 Å². The van der Waals surface area contributed by atoms with Gasteiger partial charge >= 0.3 is 33.7 Å². The molecule has 1 heterocycles. The van der Waals surface area contributed by atoms with Crippen LogP contribution in [-0.4, -0.2) is 6.54 Å². The van der Waals surface area contributed by atoms with Crippen LogP contribution in [0, 0.1) is 0 Å². The fourth-order valence-corrected chi connectivity index (χ4v) is 0.461. The van der Waals surface area contributed by atoms with E-state index in [-0.39, 0.29) is 0 Å². The molecule has 0 bridgehead atoms. The average Bonchev–Trinajstić information content (AvgIpc) is 0.722. The van der Waals surface area contributed by atoms with Crippen molar-refractivity contribution in [2.75, 3.05) is 6.54 Å². The van der Waals surface area contributed by atoms with E-state index in [0.717, 1.165) is 0 Å². The summed E-state index contributed by atoms with van der Waals surface area (Å²) in [5.74, 6) is 0. The van der Waals surface area contributed by atoms with Crippen molar-refractivity contribution in [3.8, 4) is 0 Å². The van der Waals surface area contributed by atoms with Gasteiger partial charge in [0.2, 0.25) is 0 Å². The zero-order valence-corrected chi connectivity index (χ0v) is 3.92. The van der Waals surface area contributed by atoms with Gasteiger partial charge in [-0.05, 0) is 0 Å². The quantitative estimate of drug-likeness (QED) is 0.388. The van der Waals surface area contributed by atoms with Crippen molar-refractivity contribution >= 4 is 0 Å². The molecule has 0 aromatic rings. The van der Waals surface area contributed by atoms with E-state index in [9.17, 15) is 0 Å².